The molecule has 0 aliphatic carbocycles. The van der Waals surface area contributed by atoms with E-state index < -0.39 is 12.2 Å². The highest BCUT2D eigenvalue weighted by atomic mass is 16.3. The van der Waals surface area contributed by atoms with E-state index in [1.807, 2.05) is 0 Å². The first-order chi connectivity index (χ1) is 6.45. The molecule has 14 heavy (non-hydrogen) atoms. The average molecular weight is 196 g/mol. The fourth-order valence-corrected chi connectivity index (χ4v) is 1.50. The molecule has 78 valence electrons. The normalized spacial score (nSPS) is 15.1. The number of rotatable bonds is 2. The third kappa shape index (κ3) is 1.81. The van der Waals surface area contributed by atoms with E-state index in [0.717, 1.165) is 0 Å². The van der Waals surface area contributed by atoms with Crippen LogP contribution in [0.1, 0.15) is 37.2 Å². The highest BCUT2D eigenvalue weighted by Gasteiger charge is 2.15. The number of aliphatic hydroxyl groups excluding tert-OH is 2. The Hall–Kier alpha value is -1.26. The summed E-state index contributed by atoms with van der Waals surface area (Å²) in [4.78, 5) is 0. The molecule has 1 rings (SSSR count). The summed E-state index contributed by atoms with van der Waals surface area (Å²) in [6.07, 6.45) is -1.39. The van der Waals surface area contributed by atoms with Crippen molar-refractivity contribution >= 4 is 11.4 Å². The van der Waals surface area contributed by atoms with Crippen LogP contribution in [0.2, 0.25) is 0 Å². The van der Waals surface area contributed by atoms with Crippen LogP contribution in [0.5, 0.6) is 0 Å². The van der Waals surface area contributed by atoms with Gasteiger partial charge in [-0.05, 0) is 19.9 Å². The van der Waals surface area contributed by atoms with Gasteiger partial charge in [-0.3, -0.25) is 0 Å². The van der Waals surface area contributed by atoms with E-state index in [4.69, 9.17) is 11.5 Å². The second-order valence-electron chi connectivity index (χ2n) is 3.42. The minimum atomic E-state index is -0.728. The summed E-state index contributed by atoms with van der Waals surface area (Å²) in [7, 11) is 0. The Labute approximate surface area is 83.2 Å². The number of anilines is 2. The lowest BCUT2D eigenvalue weighted by Gasteiger charge is -2.17. The van der Waals surface area contributed by atoms with E-state index in [1.165, 1.54) is 0 Å². The van der Waals surface area contributed by atoms with Gasteiger partial charge in [-0.25, -0.2) is 0 Å². The van der Waals surface area contributed by atoms with E-state index in [2.05, 4.69) is 0 Å². The van der Waals surface area contributed by atoms with Crippen LogP contribution in [0.25, 0.3) is 0 Å². The molecule has 0 saturated heterocycles. The summed E-state index contributed by atoms with van der Waals surface area (Å²) < 4.78 is 0. The second-order valence-corrected chi connectivity index (χ2v) is 3.42. The maximum absolute atomic E-state index is 9.45. The zero-order valence-electron chi connectivity index (χ0n) is 8.36. The zero-order valence-corrected chi connectivity index (χ0v) is 8.36. The predicted octanol–water partition coefficient (Wildman–Crippen LogP) is 0.958. The van der Waals surface area contributed by atoms with E-state index in [9.17, 15) is 10.2 Å². The number of nitrogens with two attached hydrogens (primary N) is 2. The molecule has 0 radical (unpaired) electrons. The lowest BCUT2D eigenvalue weighted by molar-refractivity contribution is 0.194. The van der Waals surface area contributed by atoms with Gasteiger partial charge in [0.25, 0.3) is 0 Å². The largest absolute Gasteiger partial charge is 0.398 e. The molecule has 0 aliphatic rings. The first kappa shape index (κ1) is 10.8. The van der Waals surface area contributed by atoms with Crippen molar-refractivity contribution in [3.05, 3.63) is 23.3 Å². The third-order valence-electron chi connectivity index (χ3n) is 2.22. The lowest BCUT2D eigenvalue weighted by atomic mass is 9.99. The van der Waals surface area contributed by atoms with Gasteiger partial charge in [0.15, 0.2) is 0 Å². The molecule has 1 aromatic rings. The van der Waals surface area contributed by atoms with Crippen molar-refractivity contribution in [2.75, 3.05) is 11.5 Å². The molecule has 0 aliphatic heterocycles. The second kappa shape index (κ2) is 3.86. The Morgan fingerprint density at radius 1 is 1.07 bits per heavy atom. The van der Waals surface area contributed by atoms with E-state index in [0.29, 0.717) is 22.5 Å². The van der Waals surface area contributed by atoms with Crippen LogP contribution in [0.4, 0.5) is 11.4 Å². The monoisotopic (exact) mass is 196 g/mol. The van der Waals surface area contributed by atoms with Gasteiger partial charge in [-0.1, -0.05) is 6.07 Å². The van der Waals surface area contributed by atoms with Crippen LogP contribution in [0.15, 0.2) is 12.1 Å². The van der Waals surface area contributed by atoms with Crippen molar-refractivity contribution in [2.24, 2.45) is 0 Å². The molecule has 0 heterocycles. The molecule has 0 saturated carbocycles. The van der Waals surface area contributed by atoms with E-state index >= 15 is 0 Å². The van der Waals surface area contributed by atoms with Gasteiger partial charge in [-0.15, -0.1) is 0 Å². The van der Waals surface area contributed by atoms with E-state index in [1.54, 1.807) is 26.0 Å². The molecule has 4 heteroatoms. The molecule has 0 spiro atoms. The van der Waals surface area contributed by atoms with Gasteiger partial charge in [0.2, 0.25) is 0 Å². The van der Waals surface area contributed by atoms with Crippen LogP contribution in [0.3, 0.4) is 0 Å². The standard InChI is InChI=1S/C10H16N2O2/c1-5(13)7-3-4-8(11)9(6(2)14)10(7)12/h3-6,13-14H,11-12H2,1-2H3. The Balaban J connectivity index is 3.34. The Morgan fingerprint density at radius 3 is 2.07 bits per heavy atom. The minimum absolute atomic E-state index is 0.370. The SMILES string of the molecule is CC(O)c1ccc(N)c(C(C)O)c1N. The van der Waals surface area contributed by atoms with Crippen molar-refractivity contribution in [3.63, 3.8) is 0 Å². The summed E-state index contributed by atoms with van der Waals surface area (Å²) >= 11 is 0. The maximum atomic E-state index is 9.45. The summed E-state index contributed by atoms with van der Waals surface area (Å²) in [5.74, 6) is 0. The summed E-state index contributed by atoms with van der Waals surface area (Å²) in [5.41, 5.74) is 13.4. The highest BCUT2D eigenvalue weighted by Crippen LogP contribution is 2.32. The average Bonchev–Trinajstić information content (AvgIpc) is 2.02. The number of hydrogen-bond donors (Lipinski definition) is 4. The molecule has 1 aromatic carbocycles. The fraction of sp³-hybridized carbons (Fsp3) is 0.400. The van der Waals surface area contributed by atoms with Crippen LogP contribution in [0, 0.1) is 0 Å². The number of nitrogen functional groups attached to an aromatic ring is 2. The molecular formula is C10H16N2O2. The van der Waals surface area contributed by atoms with Gasteiger partial charge in [0, 0.05) is 22.5 Å². The molecule has 2 unspecified atom stereocenters. The topological polar surface area (TPSA) is 92.5 Å². The Bertz CT molecular complexity index is 335. The smallest absolute Gasteiger partial charge is 0.0802 e. The summed E-state index contributed by atoms with van der Waals surface area (Å²) in [6, 6.07) is 3.31. The van der Waals surface area contributed by atoms with Crippen molar-refractivity contribution in [1.82, 2.24) is 0 Å². The molecule has 0 bridgehead atoms. The molecule has 4 nitrogen and oxygen atoms in total. The quantitative estimate of drug-likeness (QED) is 0.530. The molecule has 0 aromatic heterocycles. The molecule has 0 fully saturated rings. The fourth-order valence-electron chi connectivity index (χ4n) is 1.50. The highest BCUT2D eigenvalue weighted by molar-refractivity contribution is 5.66. The Kier molecular flexibility index (Phi) is 2.98. The number of benzene rings is 1. The van der Waals surface area contributed by atoms with Crippen LogP contribution < -0.4 is 11.5 Å². The molecule has 6 N–H and O–H groups in total. The number of aliphatic hydroxyl groups is 2. The molecule has 0 amide bonds. The van der Waals surface area contributed by atoms with Crippen molar-refractivity contribution in [1.29, 1.82) is 0 Å². The van der Waals surface area contributed by atoms with Crippen molar-refractivity contribution in [2.45, 2.75) is 26.1 Å². The predicted molar refractivity (Wildman–Crippen MR) is 56.5 cm³/mol. The zero-order chi connectivity index (χ0) is 10.9. The third-order valence-corrected chi connectivity index (χ3v) is 2.22. The first-order valence-electron chi connectivity index (χ1n) is 4.49. The van der Waals surface area contributed by atoms with Gasteiger partial charge >= 0.3 is 0 Å². The van der Waals surface area contributed by atoms with Crippen molar-refractivity contribution < 1.29 is 10.2 Å². The van der Waals surface area contributed by atoms with Gasteiger partial charge in [0.05, 0.1) is 12.2 Å². The first-order valence-corrected chi connectivity index (χ1v) is 4.49. The van der Waals surface area contributed by atoms with Gasteiger partial charge in [-0.2, -0.15) is 0 Å². The Morgan fingerprint density at radius 2 is 1.64 bits per heavy atom. The van der Waals surface area contributed by atoms with Crippen LogP contribution in [-0.4, -0.2) is 10.2 Å². The van der Waals surface area contributed by atoms with Crippen LogP contribution in [-0.2, 0) is 0 Å². The molecular weight excluding hydrogens is 180 g/mol. The summed E-state index contributed by atoms with van der Waals surface area (Å²) in [5, 5.41) is 18.8. The van der Waals surface area contributed by atoms with Gasteiger partial charge < -0.3 is 21.7 Å². The minimum Gasteiger partial charge on any atom is -0.398 e. The van der Waals surface area contributed by atoms with E-state index in [-0.39, 0.29) is 0 Å². The van der Waals surface area contributed by atoms with Crippen LogP contribution >= 0.6 is 0 Å². The molecule has 2 atom stereocenters. The van der Waals surface area contributed by atoms with Gasteiger partial charge in [0.1, 0.15) is 0 Å². The lowest BCUT2D eigenvalue weighted by Crippen LogP contribution is -2.08. The number of hydrogen-bond acceptors (Lipinski definition) is 4. The van der Waals surface area contributed by atoms with Crippen molar-refractivity contribution in [3.8, 4) is 0 Å². The maximum Gasteiger partial charge on any atom is 0.0802 e. The summed E-state index contributed by atoms with van der Waals surface area (Å²) in [6.45, 7) is 3.21.